The Morgan fingerprint density at radius 2 is 2.10 bits per heavy atom. The number of carbonyl (C=O) groups excluding carboxylic acids is 1. The highest BCUT2D eigenvalue weighted by atomic mass is 16.5. The van der Waals surface area contributed by atoms with Gasteiger partial charge < -0.3 is 9.47 Å². The highest BCUT2D eigenvalue weighted by Gasteiger charge is 2.06. The van der Waals surface area contributed by atoms with E-state index in [1.807, 2.05) is 24.7 Å². The van der Waals surface area contributed by atoms with Crippen LogP contribution < -0.4 is 9.47 Å². The van der Waals surface area contributed by atoms with Crippen molar-refractivity contribution in [1.29, 1.82) is 0 Å². The van der Waals surface area contributed by atoms with Crippen LogP contribution >= 0.6 is 0 Å². The number of benzene rings is 1. The lowest BCUT2D eigenvalue weighted by Crippen LogP contribution is -2.07. The third-order valence-corrected chi connectivity index (χ3v) is 3.12. The van der Waals surface area contributed by atoms with Gasteiger partial charge in [-0.05, 0) is 24.6 Å². The lowest BCUT2D eigenvalue weighted by molar-refractivity contribution is 0.111. The summed E-state index contributed by atoms with van der Waals surface area (Å²) in [6.45, 7) is 3.18. The molecule has 0 amide bonds. The molecule has 1 heterocycles. The van der Waals surface area contributed by atoms with Crippen molar-refractivity contribution in [3.05, 3.63) is 41.7 Å². The minimum atomic E-state index is 0.484. The second kappa shape index (κ2) is 7.47. The molecule has 0 saturated carbocycles. The summed E-state index contributed by atoms with van der Waals surface area (Å²) in [5, 5.41) is 4.11. The molecule has 21 heavy (non-hydrogen) atoms. The standard InChI is InChI=1S/C16H20N2O3/c1-3-9-20-15-5-4-13(12-19)16(11-15)21-10-7-14-6-8-17-18(14)2/h4-6,8,11-12H,3,7,9-10H2,1-2H3. The fourth-order valence-corrected chi connectivity index (χ4v) is 1.96. The molecule has 0 spiro atoms. The highest BCUT2D eigenvalue weighted by molar-refractivity contribution is 5.79. The largest absolute Gasteiger partial charge is 0.493 e. The maximum absolute atomic E-state index is 11.1. The first-order chi connectivity index (χ1) is 10.2. The molecular formula is C16H20N2O3. The van der Waals surface area contributed by atoms with E-state index in [1.165, 1.54) is 0 Å². The molecule has 0 radical (unpaired) electrons. The molecule has 0 aliphatic rings. The molecule has 0 fully saturated rings. The SMILES string of the molecule is CCCOc1ccc(C=O)c(OCCc2ccnn2C)c1. The van der Waals surface area contributed by atoms with Gasteiger partial charge in [0, 0.05) is 31.4 Å². The van der Waals surface area contributed by atoms with Gasteiger partial charge in [-0.15, -0.1) is 0 Å². The van der Waals surface area contributed by atoms with E-state index in [-0.39, 0.29) is 0 Å². The number of aldehydes is 1. The summed E-state index contributed by atoms with van der Waals surface area (Å²) in [7, 11) is 1.89. The van der Waals surface area contributed by atoms with Crippen molar-refractivity contribution in [2.75, 3.05) is 13.2 Å². The lowest BCUT2D eigenvalue weighted by Gasteiger charge is -2.11. The van der Waals surface area contributed by atoms with Crippen LogP contribution in [0, 0.1) is 0 Å². The molecule has 0 unspecified atom stereocenters. The summed E-state index contributed by atoms with van der Waals surface area (Å²) in [5.41, 5.74) is 1.62. The molecule has 0 atom stereocenters. The number of rotatable bonds is 8. The third kappa shape index (κ3) is 4.08. The van der Waals surface area contributed by atoms with Gasteiger partial charge in [-0.3, -0.25) is 9.48 Å². The summed E-state index contributed by atoms with van der Waals surface area (Å²) in [6, 6.07) is 7.22. The average molecular weight is 288 g/mol. The molecule has 1 aromatic heterocycles. The molecule has 0 aliphatic heterocycles. The number of aryl methyl sites for hydroxylation is 1. The number of nitrogens with zero attached hydrogens (tertiary/aromatic N) is 2. The molecule has 0 N–H and O–H groups in total. The topological polar surface area (TPSA) is 53.4 Å². The van der Waals surface area contributed by atoms with E-state index >= 15 is 0 Å². The molecule has 112 valence electrons. The summed E-state index contributed by atoms with van der Waals surface area (Å²) in [4.78, 5) is 11.1. The van der Waals surface area contributed by atoms with Crippen LogP contribution in [-0.2, 0) is 13.5 Å². The van der Waals surface area contributed by atoms with Crippen LogP contribution in [0.25, 0.3) is 0 Å². The molecule has 0 aliphatic carbocycles. The molecule has 0 saturated heterocycles. The van der Waals surface area contributed by atoms with Crippen molar-refractivity contribution in [3.63, 3.8) is 0 Å². The maximum Gasteiger partial charge on any atom is 0.153 e. The summed E-state index contributed by atoms with van der Waals surface area (Å²) in [5.74, 6) is 1.28. The molecule has 5 heteroatoms. The van der Waals surface area contributed by atoms with Gasteiger partial charge in [-0.25, -0.2) is 0 Å². The van der Waals surface area contributed by atoms with E-state index in [0.717, 1.165) is 30.6 Å². The summed E-state index contributed by atoms with van der Waals surface area (Å²) >= 11 is 0. The Morgan fingerprint density at radius 3 is 2.76 bits per heavy atom. The van der Waals surface area contributed by atoms with Crippen LogP contribution in [-0.4, -0.2) is 29.3 Å². The number of hydrogen-bond acceptors (Lipinski definition) is 4. The van der Waals surface area contributed by atoms with Crippen molar-refractivity contribution in [2.45, 2.75) is 19.8 Å². The van der Waals surface area contributed by atoms with Gasteiger partial charge in [0.1, 0.15) is 11.5 Å². The Labute approximate surface area is 124 Å². The number of aromatic nitrogens is 2. The quantitative estimate of drug-likeness (QED) is 0.701. The first-order valence-corrected chi connectivity index (χ1v) is 7.06. The van der Waals surface area contributed by atoms with Gasteiger partial charge in [0.05, 0.1) is 18.8 Å². The van der Waals surface area contributed by atoms with Crippen molar-refractivity contribution < 1.29 is 14.3 Å². The minimum Gasteiger partial charge on any atom is -0.493 e. The zero-order chi connectivity index (χ0) is 15.1. The Morgan fingerprint density at radius 1 is 1.24 bits per heavy atom. The van der Waals surface area contributed by atoms with E-state index in [0.29, 0.717) is 24.5 Å². The van der Waals surface area contributed by atoms with Gasteiger partial charge in [0.2, 0.25) is 0 Å². The summed E-state index contributed by atoms with van der Waals surface area (Å²) in [6.07, 6.45) is 4.22. The second-order valence-corrected chi connectivity index (χ2v) is 4.71. The molecule has 2 rings (SSSR count). The second-order valence-electron chi connectivity index (χ2n) is 4.71. The number of carbonyl (C=O) groups is 1. The smallest absolute Gasteiger partial charge is 0.153 e. The van der Waals surface area contributed by atoms with E-state index in [1.54, 1.807) is 24.4 Å². The first kappa shape index (κ1) is 15.1. The van der Waals surface area contributed by atoms with E-state index in [4.69, 9.17) is 9.47 Å². The van der Waals surface area contributed by atoms with Crippen LogP contribution in [0.4, 0.5) is 0 Å². The van der Waals surface area contributed by atoms with Gasteiger partial charge in [-0.2, -0.15) is 5.10 Å². The first-order valence-electron chi connectivity index (χ1n) is 7.06. The Kier molecular flexibility index (Phi) is 5.37. The Balaban J connectivity index is 1.99. The molecule has 1 aromatic carbocycles. The van der Waals surface area contributed by atoms with Crippen molar-refractivity contribution in [1.82, 2.24) is 9.78 Å². The van der Waals surface area contributed by atoms with Crippen LogP contribution in [0.2, 0.25) is 0 Å². The van der Waals surface area contributed by atoms with Crippen LogP contribution in [0.5, 0.6) is 11.5 Å². The van der Waals surface area contributed by atoms with E-state index in [2.05, 4.69) is 5.10 Å². The lowest BCUT2D eigenvalue weighted by atomic mass is 10.2. The monoisotopic (exact) mass is 288 g/mol. The predicted octanol–water partition coefficient (Wildman–Crippen LogP) is 2.64. The van der Waals surface area contributed by atoms with Gasteiger partial charge >= 0.3 is 0 Å². The highest BCUT2D eigenvalue weighted by Crippen LogP contribution is 2.24. The van der Waals surface area contributed by atoms with Gasteiger partial charge in [0.25, 0.3) is 0 Å². The van der Waals surface area contributed by atoms with Crippen molar-refractivity contribution >= 4 is 6.29 Å². The normalized spacial score (nSPS) is 10.4. The molecular weight excluding hydrogens is 268 g/mol. The zero-order valence-electron chi connectivity index (χ0n) is 12.4. The fraction of sp³-hybridized carbons (Fsp3) is 0.375. The van der Waals surface area contributed by atoms with Crippen LogP contribution in [0.15, 0.2) is 30.5 Å². The van der Waals surface area contributed by atoms with E-state index < -0.39 is 0 Å². The molecule has 0 bridgehead atoms. The van der Waals surface area contributed by atoms with Crippen molar-refractivity contribution in [2.24, 2.45) is 7.05 Å². The number of ether oxygens (including phenoxy) is 2. The zero-order valence-corrected chi connectivity index (χ0v) is 12.4. The van der Waals surface area contributed by atoms with Crippen LogP contribution in [0.1, 0.15) is 29.4 Å². The Bertz CT molecular complexity index is 593. The van der Waals surface area contributed by atoms with Crippen LogP contribution in [0.3, 0.4) is 0 Å². The Hall–Kier alpha value is -2.30. The predicted molar refractivity (Wildman–Crippen MR) is 80.0 cm³/mol. The van der Waals surface area contributed by atoms with Gasteiger partial charge in [0.15, 0.2) is 6.29 Å². The third-order valence-electron chi connectivity index (χ3n) is 3.12. The average Bonchev–Trinajstić information content (AvgIpc) is 2.91. The fourth-order valence-electron chi connectivity index (χ4n) is 1.96. The minimum absolute atomic E-state index is 0.484. The molecule has 2 aromatic rings. The van der Waals surface area contributed by atoms with Gasteiger partial charge in [-0.1, -0.05) is 6.92 Å². The molecule has 5 nitrogen and oxygen atoms in total. The maximum atomic E-state index is 11.1. The van der Waals surface area contributed by atoms with Crippen molar-refractivity contribution in [3.8, 4) is 11.5 Å². The number of hydrogen-bond donors (Lipinski definition) is 0. The summed E-state index contributed by atoms with van der Waals surface area (Å²) < 4.78 is 13.1. The van der Waals surface area contributed by atoms with E-state index in [9.17, 15) is 4.79 Å².